The molecule has 0 heterocycles. The number of carbonyl (C=O) groups is 1. The second-order valence-corrected chi connectivity index (χ2v) is 6.99. The zero-order chi connectivity index (χ0) is 18.1. The van der Waals surface area contributed by atoms with Crippen molar-refractivity contribution in [1.29, 1.82) is 0 Å². The molecule has 25 heavy (non-hydrogen) atoms. The van der Waals surface area contributed by atoms with Crippen molar-refractivity contribution in [3.8, 4) is 11.5 Å². The monoisotopic (exact) mass is 399 g/mol. The number of rotatable bonds is 9. The largest absolute Gasteiger partial charge is 0.497 e. The minimum atomic E-state index is -0.167. The molecule has 7 heteroatoms. The van der Waals surface area contributed by atoms with Gasteiger partial charge in [-0.2, -0.15) is 11.8 Å². The van der Waals surface area contributed by atoms with Crippen molar-refractivity contribution < 1.29 is 14.3 Å². The number of benzene rings is 2. The van der Waals surface area contributed by atoms with Crippen molar-refractivity contribution in [1.82, 2.24) is 5.32 Å². The molecule has 4 nitrogen and oxygen atoms in total. The molecule has 1 N–H and O–H groups in total. The number of ether oxygens (including phenoxy) is 2. The molecule has 0 unspecified atom stereocenters. The fraction of sp³-hybridized carbons (Fsp3) is 0.278. The summed E-state index contributed by atoms with van der Waals surface area (Å²) in [7, 11) is 1.58. The lowest BCUT2D eigenvalue weighted by Gasteiger charge is -2.09. The second kappa shape index (κ2) is 10.4. The molecule has 0 atom stereocenters. The molecule has 0 bridgehead atoms. The van der Waals surface area contributed by atoms with Crippen LogP contribution in [0.3, 0.4) is 0 Å². The maximum absolute atomic E-state index is 11.8. The number of halogens is 2. The topological polar surface area (TPSA) is 47.6 Å². The molecule has 0 saturated heterocycles. The molecule has 0 aliphatic carbocycles. The highest BCUT2D eigenvalue weighted by Crippen LogP contribution is 2.27. The second-order valence-electron chi connectivity index (χ2n) is 5.07. The van der Waals surface area contributed by atoms with Crippen LogP contribution in [-0.4, -0.2) is 31.9 Å². The number of amides is 1. The molecule has 0 aliphatic rings. The van der Waals surface area contributed by atoms with Crippen LogP contribution in [0, 0.1) is 0 Å². The van der Waals surface area contributed by atoms with E-state index in [4.69, 9.17) is 32.7 Å². The lowest BCUT2D eigenvalue weighted by molar-refractivity contribution is -0.122. The number of hydrogen-bond donors (Lipinski definition) is 1. The SMILES string of the molecule is COc1cccc(OCC(=O)NCCSCc2c(Cl)cccc2Cl)c1. The van der Waals surface area contributed by atoms with Crippen LogP contribution in [0.1, 0.15) is 5.56 Å². The highest BCUT2D eigenvalue weighted by Gasteiger charge is 2.06. The maximum atomic E-state index is 11.8. The molecule has 0 fully saturated rings. The number of thioether (sulfide) groups is 1. The van der Waals surface area contributed by atoms with Gasteiger partial charge in [0, 0.05) is 34.2 Å². The van der Waals surface area contributed by atoms with Gasteiger partial charge in [0.25, 0.3) is 5.91 Å². The Balaban J connectivity index is 1.64. The number of methoxy groups -OCH3 is 1. The molecule has 2 rings (SSSR count). The molecule has 2 aromatic rings. The third-order valence-electron chi connectivity index (χ3n) is 3.29. The molecule has 1 amide bonds. The van der Waals surface area contributed by atoms with E-state index in [2.05, 4.69) is 5.32 Å². The molecule has 0 aromatic heterocycles. The fourth-order valence-electron chi connectivity index (χ4n) is 2.00. The van der Waals surface area contributed by atoms with E-state index >= 15 is 0 Å². The average Bonchev–Trinajstić information content (AvgIpc) is 2.62. The van der Waals surface area contributed by atoms with Crippen LogP contribution in [0.4, 0.5) is 0 Å². The summed E-state index contributed by atoms with van der Waals surface area (Å²) in [5, 5.41) is 4.14. The van der Waals surface area contributed by atoms with Gasteiger partial charge in [0.2, 0.25) is 0 Å². The maximum Gasteiger partial charge on any atom is 0.257 e. The van der Waals surface area contributed by atoms with Crippen molar-refractivity contribution in [2.75, 3.05) is 26.0 Å². The smallest absolute Gasteiger partial charge is 0.257 e. The summed E-state index contributed by atoms with van der Waals surface area (Å²) in [5.74, 6) is 2.57. The third kappa shape index (κ3) is 6.69. The normalized spacial score (nSPS) is 10.4. The first kappa shape index (κ1) is 19.8. The summed E-state index contributed by atoms with van der Waals surface area (Å²) in [4.78, 5) is 11.8. The summed E-state index contributed by atoms with van der Waals surface area (Å²) in [6.07, 6.45) is 0. The molecule has 134 valence electrons. The van der Waals surface area contributed by atoms with Gasteiger partial charge in [-0.1, -0.05) is 35.3 Å². The van der Waals surface area contributed by atoms with Gasteiger partial charge >= 0.3 is 0 Å². The first-order valence-corrected chi connectivity index (χ1v) is 9.55. The zero-order valence-corrected chi connectivity index (χ0v) is 16.1. The van der Waals surface area contributed by atoms with Gasteiger partial charge in [0.15, 0.2) is 6.61 Å². The van der Waals surface area contributed by atoms with Crippen molar-refractivity contribution in [3.05, 3.63) is 58.1 Å². The van der Waals surface area contributed by atoms with Gasteiger partial charge in [-0.25, -0.2) is 0 Å². The first-order valence-electron chi connectivity index (χ1n) is 7.64. The number of carbonyl (C=O) groups excluding carboxylic acids is 1. The van der Waals surface area contributed by atoms with E-state index in [9.17, 15) is 4.79 Å². The molecule has 0 saturated carbocycles. The Hall–Kier alpha value is -1.56. The molecular weight excluding hydrogens is 381 g/mol. The predicted molar refractivity (Wildman–Crippen MR) is 104 cm³/mol. The molecule has 0 aliphatic heterocycles. The van der Waals surface area contributed by atoms with Crippen LogP contribution in [0.25, 0.3) is 0 Å². The van der Waals surface area contributed by atoms with Crippen molar-refractivity contribution >= 4 is 40.9 Å². The Kier molecular flexibility index (Phi) is 8.25. The Morgan fingerprint density at radius 3 is 2.52 bits per heavy atom. The summed E-state index contributed by atoms with van der Waals surface area (Å²) < 4.78 is 10.5. The minimum absolute atomic E-state index is 0.0336. The number of nitrogens with one attached hydrogen (secondary N) is 1. The zero-order valence-electron chi connectivity index (χ0n) is 13.8. The van der Waals surface area contributed by atoms with Crippen LogP contribution < -0.4 is 14.8 Å². The third-order valence-corrected chi connectivity index (χ3v) is 4.98. The summed E-state index contributed by atoms with van der Waals surface area (Å²) >= 11 is 13.9. The quantitative estimate of drug-likeness (QED) is 0.633. The van der Waals surface area contributed by atoms with Crippen molar-refractivity contribution in [3.63, 3.8) is 0 Å². The first-order chi connectivity index (χ1) is 12.1. The van der Waals surface area contributed by atoms with Crippen LogP contribution in [0.5, 0.6) is 11.5 Å². The van der Waals surface area contributed by atoms with Gasteiger partial charge in [-0.15, -0.1) is 0 Å². The van der Waals surface area contributed by atoms with E-state index in [1.807, 2.05) is 30.3 Å². The van der Waals surface area contributed by atoms with Gasteiger partial charge in [0.1, 0.15) is 11.5 Å². The molecule has 2 aromatic carbocycles. The predicted octanol–water partition coefficient (Wildman–Crippen LogP) is 4.43. The Bertz CT molecular complexity index is 692. The molecule has 0 spiro atoms. The van der Waals surface area contributed by atoms with Crippen LogP contribution in [0.15, 0.2) is 42.5 Å². The van der Waals surface area contributed by atoms with E-state index in [1.165, 1.54) is 0 Å². The van der Waals surface area contributed by atoms with Gasteiger partial charge in [0.05, 0.1) is 7.11 Å². The van der Waals surface area contributed by atoms with Gasteiger partial charge < -0.3 is 14.8 Å². The van der Waals surface area contributed by atoms with Crippen LogP contribution in [0.2, 0.25) is 10.0 Å². The van der Waals surface area contributed by atoms with E-state index in [0.717, 1.165) is 11.3 Å². The van der Waals surface area contributed by atoms with E-state index in [-0.39, 0.29) is 12.5 Å². The van der Waals surface area contributed by atoms with Gasteiger partial charge in [-0.3, -0.25) is 4.79 Å². The van der Waals surface area contributed by atoms with Crippen LogP contribution in [-0.2, 0) is 10.5 Å². The Labute approximate surface area is 161 Å². The van der Waals surface area contributed by atoms with E-state index in [1.54, 1.807) is 31.0 Å². The standard InChI is InChI=1S/C18H19Cl2NO3S/c1-23-13-4-2-5-14(10-13)24-11-18(22)21-8-9-25-12-15-16(19)6-3-7-17(15)20/h2-7,10H,8-9,11-12H2,1H3,(H,21,22). The van der Waals surface area contributed by atoms with E-state index in [0.29, 0.717) is 33.8 Å². The van der Waals surface area contributed by atoms with Crippen molar-refractivity contribution in [2.45, 2.75) is 5.75 Å². The van der Waals surface area contributed by atoms with Gasteiger partial charge in [-0.05, 0) is 29.8 Å². The highest BCUT2D eigenvalue weighted by molar-refractivity contribution is 7.98. The Morgan fingerprint density at radius 2 is 1.80 bits per heavy atom. The Morgan fingerprint density at radius 1 is 1.12 bits per heavy atom. The summed E-state index contributed by atoms with van der Waals surface area (Å²) in [5.41, 5.74) is 0.920. The highest BCUT2D eigenvalue weighted by atomic mass is 35.5. The minimum Gasteiger partial charge on any atom is -0.497 e. The lowest BCUT2D eigenvalue weighted by atomic mass is 10.2. The van der Waals surface area contributed by atoms with E-state index < -0.39 is 0 Å². The van der Waals surface area contributed by atoms with Crippen LogP contribution >= 0.6 is 35.0 Å². The summed E-state index contributed by atoms with van der Waals surface area (Å²) in [6, 6.07) is 12.6. The number of hydrogen-bond acceptors (Lipinski definition) is 4. The van der Waals surface area contributed by atoms with Crippen molar-refractivity contribution in [2.24, 2.45) is 0 Å². The fourth-order valence-corrected chi connectivity index (χ4v) is 3.59. The average molecular weight is 400 g/mol. The molecule has 0 radical (unpaired) electrons. The molecular formula is C18H19Cl2NO3S. The summed E-state index contributed by atoms with van der Waals surface area (Å²) in [6.45, 7) is 0.515. The lowest BCUT2D eigenvalue weighted by Crippen LogP contribution is -2.30.